The molecule has 0 radical (unpaired) electrons. The third-order valence-electron chi connectivity index (χ3n) is 2.78. The van der Waals surface area contributed by atoms with E-state index >= 15 is 0 Å². The minimum absolute atomic E-state index is 0.0761. The van der Waals surface area contributed by atoms with Crippen LogP contribution in [0.25, 0.3) is 21.9 Å². The monoisotopic (exact) mass is 210 g/mol. The molecule has 0 N–H and O–H groups in total. The topological polar surface area (TPSA) is 30.2 Å². The minimum atomic E-state index is 0.0761. The summed E-state index contributed by atoms with van der Waals surface area (Å²) in [4.78, 5) is 11.3. The molecule has 0 aliphatic carbocycles. The van der Waals surface area contributed by atoms with E-state index in [1.54, 1.807) is 13.0 Å². The maximum absolute atomic E-state index is 11.3. The molecule has 1 aromatic heterocycles. The summed E-state index contributed by atoms with van der Waals surface area (Å²) in [6.07, 6.45) is 0. The van der Waals surface area contributed by atoms with Gasteiger partial charge in [0.1, 0.15) is 11.2 Å². The van der Waals surface area contributed by atoms with Crippen LogP contribution in [0.2, 0.25) is 0 Å². The van der Waals surface area contributed by atoms with Crippen molar-refractivity contribution in [3.63, 3.8) is 0 Å². The van der Waals surface area contributed by atoms with Gasteiger partial charge in [0.15, 0.2) is 5.78 Å². The standard InChI is InChI=1S/C14H10O2/c1-9(15)10-6-7-14-12(8-10)11-4-2-3-5-13(11)16-14/h2-8H,1H3. The molecule has 3 rings (SSSR count). The van der Waals surface area contributed by atoms with Crippen molar-refractivity contribution in [2.24, 2.45) is 0 Å². The van der Waals surface area contributed by atoms with Crippen LogP contribution < -0.4 is 0 Å². The second-order valence-electron chi connectivity index (χ2n) is 3.87. The third-order valence-corrected chi connectivity index (χ3v) is 2.78. The van der Waals surface area contributed by atoms with E-state index in [1.165, 1.54) is 0 Å². The van der Waals surface area contributed by atoms with Gasteiger partial charge in [0.05, 0.1) is 0 Å². The first-order valence-corrected chi connectivity index (χ1v) is 5.18. The highest BCUT2D eigenvalue weighted by Gasteiger charge is 2.08. The van der Waals surface area contributed by atoms with Crippen LogP contribution in [0.1, 0.15) is 17.3 Å². The lowest BCUT2D eigenvalue weighted by atomic mass is 10.1. The zero-order valence-electron chi connectivity index (χ0n) is 8.86. The summed E-state index contributed by atoms with van der Waals surface area (Å²) in [5.74, 6) is 0.0761. The Hall–Kier alpha value is -2.09. The van der Waals surface area contributed by atoms with E-state index in [-0.39, 0.29) is 5.78 Å². The summed E-state index contributed by atoms with van der Waals surface area (Å²) in [6, 6.07) is 13.4. The number of rotatable bonds is 1. The molecule has 0 aliphatic rings. The van der Waals surface area contributed by atoms with Crippen molar-refractivity contribution in [2.45, 2.75) is 6.92 Å². The van der Waals surface area contributed by atoms with E-state index in [1.807, 2.05) is 36.4 Å². The van der Waals surface area contributed by atoms with E-state index in [9.17, 15) is 4.79 Å². The van der Waals surface area contributed by atoms with Gasteiger partial charge in [-0.15, -0.1) is 0 Å². The summed E-state index contributed by atoms with van der Waals surface area (Å²) >= 11 is 0. The first-order valence-electron chi connectivity index (χ1n) is 5.18. The molecule has 0 aliphatic heterocycles. The van der Waals surface area contributed by atoms with Crippen LogP contribution in [0, 0.1) is 0 Å². The molecule has 78 valence electrons. The Morgan fingerprint density at radius 1 is 1.00 bits per heavy atom. The van der Waals surface area contributed by atoms with E-state index < -0.39 is 0 Å². The van der Waals surface area contributed by atoms with Crippen molar-refractivity contribution in [3.05, 3.63) is 48.0 Å². The zero-order chi connectivity index (χ0) is 11.1. The molecule has 0 amide bonds. The number of benzene rings is 2. The lowest BCUT2D eigenvalue weighted by Gasteiger charge is -1.94. The number of ketones is 1. The van der Waals surface area contributed by atoms with Crippen molar-refractivity contribution in [3.8, 4) is 0 Å². The molecule has 16 heavy (non-hydrogen) atoms. The molecule has 0 fully saturated rings. The Morgan fingerprint density at radius 2 is 1.75 bits per heavy atom. The molecule has 2 nitrogen and oxygen atoms in total. The molecular formula is C14H10O2. The molecule has 0 atom stereocenters. The Bertz CT molecular complexity index is 692. The van der Waals surface area contributed by atoms with Gasteiger partial charge < -0.3 is 4.42 Å². The summed E-state index contributed by atoms with van der Waals surface area (Å²) < 4.78 is 5.68. The highest BCUT2D eigenvalue weighted by Crippen LogP contribution is 2.29. The molecule has 3 aromatic rings. The zero-order valence-corrected chi connectivity index (χ0v) is 8.86. The molecule has 0 spiro atoms. The van der Waals surface area contributed by atoms with Crippen LogP contribution in [0.15, 0.2) is 46.9 Å². The summed E-state index contributed by atoms with van der Waals surface area (Å²) in [6.45, 7) is 1.57. The average molecular weight is 210 g/mol. The quantitative estimate of drug-likeness (QED) is 0.572. The maximum Gasteiger partial charge on any atom is 0.159 e. The lowest BCUT2D eigenvalue weighted by molar-refractivity contribution is 0.101. The van der Waals surface area contributed by atoms with Gasteiger partial charge in [-0.3, -0.25) is 4.79 Å². The van der Waals surface area contributed by atoms with E-state index in [0.717, 1.165) is 27.5 Å². The fourth-order valence-electron chi connectivity index (χ4n) is 1.95. The number of para-hydroxylation sites is 1. The maximum atomic E-state index is 11.3. The second kappa shape index (κ2) is 3.20. The normalized spacial score (nSPS) is 11.1. The smallest absolute Gasteiger partial charge is 0.159 e. The molecule has 0 saturated heterocycles. The fourth-order valence-corrected chi connectivity index (χ4v) is 1.95. The average Bonchev–Trinajstić information content (AvgIpc) is 2.66. The van der Waals surface area contributed by atoms with Crippen LogP contribution in [0.4, 0.5) is 0 Å². The molecule has 2 aromatic carbocycles. The molecule has 2 heteroatoms. The largest absolute Gasteiger partial charge is 0.456 e. The summed E-state index contributed by atoms with van der Waals surface area (Å²) in [7, 11) is 0. The molecule has 1 heterocycles. The van der Waals surface area contributed by atoms with Crippen molar-refractivity contribution in [2.75, 3.05) is 0 Å². The number of furan rings is 1. The number of carbonyl (C=O) groups excluding carboxylic acids is 1. The second-order valence-corrected chi connectivity index (χ2v) is 3.87. The highest BCUT2D eigenvalue weighted by atomic mass is 16.3. The SMILES string of the molecule is CC(=O)c1ccc2oc3ccccc3c2c1. The van der Waals surface area contributed by atoms with Crippen molar-refractivity contribution in [1.82, 2.24) is 0 Å². The van der Waals surface area contributed by atoms with E-state index in [0.29, 0.717) is 0 Å². The molecule has 0 bridgehead atoms. The Labute approximate surface area is 92.5 Å². The van der Waals surface area contributed by atoms with Crippen LogP contribution in [-0.4, -0.2) is 5.78 Å². The Balaban J connectivity index is 2.44. The van der Waals surface area contributed by atoms with E-state index in [2.05, 4.69) is 0 Å². The molecular weight excluding hydrogens is 200 g/mol. The van der Waals surface area contributed by atoms with Crippen LogP contribution in [0.5, 0.6) is 0 Å². The van der Waals surface area contributed by atoms with Gasteiger partial charge in [-0.2, -0.15) is 0 Å². The molecule has 0 unspecified atom stereocenters. The predicted octanol–water partition coefficient (Wildman–Crippen LogP) is 3.79. The first-order chi connectivity index (χ1) is 7.75. The molecule has 0 saturated carbocycles. The number of carbonyl (C=O) groups is 1. The summed E-state index contributed by atoms with van der Waals surface area (Å²) in [5.41, 5.74) is 2.41. The van der Waals surface area contributed by atoms with Gasteiger partial charge in [-0.05, 0) is 31.2 Å². The highest BCUT2D eigenvalue weighted by molar-refractivity contribution is 6.08. The van der Waals surface area contributed by atoms with Gasteiger partial charge in [-0.25, -0.2) is 0 Å². The van der Waals surface area contributed by atoms with Crippen molar-refractivity contribution in [1.29, 1.82) is 0 Å². The number of Topliss-reactive ketones (excluding diaryl/α,β-unsaturated/α-hetero) is 1. The van der Waals surface area contributed by atoms with Crippen molar-refractivity contribution < 1.29 is 9.21 Å². The van der Waals surface area contributed by atoms with Gasteiger partial charge in [-0.1, -0.05) is 18.2 Å². The predicted molar refractivity (Wildman–Crippen MR) is 63.7 cm³/mol. The van der Waals surface area contributed by atoms with Crippen LogP contribution >= 0.6 is 0 Å². The van der Waals surface area contributed by atoms with E-state index in [4.69, 9.17) is 4.42 Å². The van der Waals surface area contributed by atoms with Gasteiger partial charge in [0.25, 0.3) is 0 Å². The first kappa shape index (κ1) is 9.16. The number of hydrogen-bond acceptors (Lipinski definition) is 2. The lowest BCUT2D eigenvalue weighted by Crippen LogP contribution is -1.89. The Morgan fingerprint density at radius 3 is 2.56 bits per heavy atom. The Kier molecular flexibility index (Phi) is 1.83. The van der Waals surface area contributed by atoms with Crippen LogP contribution in [-0.2, 0) is 0 Å². The number of hydrogen-bond donors (Lipinski definition) is 0. The van der Waals surface area contributed by atoms with Crippen molar-refractivity contribution >= 4 is 27.7 Å². The third kappa shape index (κ3) is 1.23. The van der Waals surface area contributed by atoms with Gasteiger partial charge in [0, 0.05) is 16.3 Å². The summed E-state index contributed by atoms with van der Waals surface area (Å²) in [5, 5.41) is 2.06. The fraction of sp³-hybridized carbons (Fsp3) is 0.0714. The number of fused-ring (bicyclic) bond motifs is 3. The van der Waals surface area contributed by atoms with Gasteiger partial charge in [0.2, 0.25) is 0 Å². The minimum Gasteiger partial charge on any atom is -0.456 e. The van der Waals surface area contributed by atoms with Gasteiger partial charge >= 0.3 is 0 Å². The van der Waals surface area contributed by atoms with Crippen LogP contribution in [0.3, 0.4) is 0 Å².